The van der Waals surface area contributed by atoms with Crippen LogP contribution in [0.3, 0.4) is 0 Å². The number of thiazole rings is 1. The third-order valence-corrected chi connectivity index (χ3v) is 3.44. The van der Waals surface area contributed by atoms with Crippen LogP contribution in [0.5, 0.6) is 0 Å². The van der Waals surface area contributed by atoms with Crippen molar-refractivity contribution >= 4 is 11.3 Å². The van der Waals surface area contributed by atoms with E-state index in [1.165, 1.54) is 0 Å². The van der Waals surface area contributed by atoms with Crippen molar-refractivity contribution in [2.75, 3.05) is 6.54 Å². The summed E-state index contributed by atoms with van der Waals surface area (Å²) < 4.78 is 0. The highest BCUT2D eigenvalue weighted by Gasteiger charge is 2.20. The Kier molecular flexibility index (Phi) is 3.57. The van der Waals surface area contributed by atoms with Crippen LogP contribution in [0.4, 0.5) is 0 Å². The number of aliphatic hydroxyl groups is 1. The summed E-state index contributed by atoms with van der Waals surface area (Å²) in [6.45, 7) is 1.98. The van der Waals surface area contributed by atoms with Crippen LogP contribution in [-0.2, 0) is 6.42 Å². The molecule has 1 unspecified atom stereocenters. The molecule has 0 aliphatic carbocycles. The highest BCUT2D eigenvalue weighted by atomic mass is 32.1. The molecule has 17 heavy (non-hydrogen) atoms. The van der Waals surface area contributed by atoms with Gasteiger partial charge in [-0.25, -0.2) is 4.98 Å². The minimum absolute atomic E-state index is 0.243. The zero-order valence-corrected chi connectivity index (χ0v) is 10.6. The van der Waals surface area contributed by atoms with E-state index in [-0.39, 0.29) is 6.54 Å². The van der Waals surface area contributed by atoms with Gasteiger partial charge in [0, 0.05) is 23.9 Å². The summed E-state index contributed by atoms with van der Waals surface area (Å²) in [7, 11) is 0. The second-order valence-corrected chi connectivity index (χ2v) is 5.31. The van der Waals surface area contributed by atoms with E-state index in [0.29, 0.717) is 6.42 Å². The fourth-order valence-corrected chi connectivity index (χ4v) is 2.51. The van der Waals surface area contributed by atoms with Crippen molar-refractivity contribution in [2.45, 2.75) is 18.9 Å². The fourth-order valence-electron chi connectivity index (χ4n) is 1.53. The van der Waals surface area contributed by atoms with Gasteiger partial charge in [0.2, 0.25) is 0 Å². The molecule has 0 saturated heterocycles. The van der Waals surface area contributed by atoms with E-state index in [1.54, 1.807) is 18.3 Å². The molecule has 0 spiro atoms. The third kappa shape index (κ3) is 3.12. The van der Waals surface area contributed by atoms with E-state index in [1.807, 2.05) is 35.7 Å². The van der Waals surface area contributed by atoms with Crippen molar-refractivity contribution in [3.05, 3.63) is 40.7 Å². The first-order valence-corrected chi connectivity index (χ1v) is 6.41. The van der Waals surface area contributed by atoms with Gasteiger partial charge >= 0.3 is 0 Å². The molecule has 1 aromatic carbocycles. The Balaban J connectivity index is 2.17. The lowest BCUT2D eigenvalue weighted by Gasteiger charge is -2.18. The van der Waals surface area contributed by atoms with E-state index in [4.69, 9.17) is 5.73 Å². The van der Waals surface area contributed by atoms with E-state index >= 15 is 0 Å². The summed E-state index contributed by atoms with van der Waals surface area (Å²) >= 11 is 1.56. The number of hydrogen-bond acceptors (Lipinski definition) is 4. The minimum Gasteiger partial charge on any atom is -0.388 e. The number of nitrogens with two attached hydrogens (primary N) is 1. The molecule has 0 radical (unpaired) electrons. The van der Waals surface area contributed by atoms with E-state index in [2.05, 4.69) is 4.98 Å². The number of benzene rings is 1. The van der Waals surface area contributed by atoms with Crippen molar-refractivity contribution in [3.8, 4) is 11.3 Å². The largest absolute Gasteiger partial charge is 0.388 e. The van der Waals surface area contributed by atoms with Crippen molar-refractivity contribution in [1.29, 1.82) is 0 Å². The van der Waals surface area contributed by atoms with Gasteiger partial charge in [0.05, 0.1) is 16.3 Å². The molecule has 3 N–H and O–H groups in total. The van der Waals surface area contributed by atoms with E-state index in [0.717, 1.165) is 16.3 Å². The summed E-state index contributed by atoms with van der Waals surface area (Å²) in [5, 5.41) is 12.8. The van der Waals surface area contributed by atoms with E-state index < -0.39 is 5.60 Å². The lowest BCUT2D eigenvalue weighted by molar-refractivity contribution is 0.0696. The number of aromatic nitrogens is 1. The molecule has 2 aromatic rings. The molecule has 1 atom stereocenters. The molecule has 3 nitrogen and oxygen atoms in total. The van der Waals surface area contributed by atoms with Crippen molar-refractivity contribution < 1.29 is 5.11 Å². The molecule has 0 fully saturated rings. The third-order valence-electron chi connectivity index (χ3n) is 2.59. The molecular formula is C13H16N2OS. The van der Waals surface area contributed by atoms with Crippen molar-refractivity contribution in [3.63, 3.8) is 0 Å². The Labute approximate surface area is 105 Å². The molecule has 1 heterocycles. The van der Waals surface area contributed by atoms with Crippen molar-refractivity contribution in [2.24, 2.45) is 5.73 Å². The maximum absolute atomic E-state index is 9.90. The Bertz CT molecular complexity index is 479. The van der Waals surface area contributed by atoms with Gasteiger partial charge in [-0.05, 0) is 6.92 Å². The summed E-state index contributed by atoms with van der Waals surface area (Å²) in [6.07, 6.45) is 0.501. The normalized spacial score (nSPS) is 14.5. The highest BCUT2D eigenvalue weighted by Crippen LogP contribution is 2.23. The maximum atomic E-state index is 9.90. The SMILES string of the molecule is CC(O)(CN)Cc1nc(-c2ccccc2)cs1. The minimum atomic E-state index is -0.869. The number of nitrogens with zero attached hydrogens (tertiary/aromatic N) is 1. The van der Waals surface area contributed by atoms with Gasteiger partial charge in [-0.3, -0.25) is 0 Å². The molecule has 90 valence electrons. The van der Waals surface area contributed by atoms with Crippen LogP contribution in [0.15, 0.2) is 35.7 Å². The molecule has 0 saturated carbocycles. The molecule has 2 rings (SSSR count). The molecule has 0 aliphatic rings. The van der Waals surface area contributed by atoms with Gasteiger partial charge in [0.15, 0.2) is 0 Å². The first kappa shape index (κ1) is 12.2. The zero-order chi connectivity index (χ0) is 12.3. The van der Waals surface area contributed by atoms with Gasteiger partial charge in [-0.1, -0.05) is 30.3 Å². The molecule has 0 bridgehead atoms. The van der Waals surface area contributed by atoms with Crippen LogP contribution in [0, 0.1) is 0 Å². The smallest absolute Gasteiger partial charge is 0.0961 e. The molecule has 1 aromatic heterocycles. The second-order valence-electron chi connectivity index (χ2n) is 4.37. The van der Waals surface area contributed by atoms with Gasteiger partial charge in [-0.2, -0.15) is 0 Å². The number of hydrogen-bond donors (Lipinski definition) is 2. The van der Waals surface area contributed by atoms with Crippen LogP contribution in [0.1, 0.15) is 11.9 Å². The Morgan fingerprint density at radius 2 is 2.06 bits per heavy atom. The molecule has 0 aliphatic heterocycles. The van der Waals surface area contributed by atoms with Crippen LogP contribution in [0.25, 0.3) is 11.3 Å². The van der Waals surface area contributed by atoms with Crippen LogP contribution < -0.4 is 5.73 Å². The zero-order valence-electron chi connectivity index (χ0n) is 9.76. The highest BCUT2D eigenvalue weighted by molar-refractivity contribution is 7.09. The molecule has 4 heteroatoms. The van der Waals surface area contributed by atoms with Gasteiger partial charge in [-0.15, -0.1) is 11.3 Å². The maximum Gasteiger partial charge on any atom is 0.0961 e. The molecule has 0 amide bonds. The first-order valence-electron chi connectivity index (χ1n) is 5.53. The summed E-state index contributed by atoms with van der Waals surface area (Å²) in [6, 6.07) is 10.0. The average molecular weight is 248 g/mol. The predicted octanol–water partition coefficient (Wildman–Crippen LogP) is 2.06. The Hall–Kier alpha value is -1.23. The second kappa shape index (κ2) is 4.96. The fraction of sp³-hybridized carbons (Fsp3) is 0.308. The topological polar surface area (TPSA) is 59.1 Å². The van der Waals surface area contributed by atoms with Crippen LogP contribution in [0.2, 0.25) is 0 Å². The van der Waals surface area contributed by atoms with Gasteiger partial charge < -0.3 is 10.8 Å². The van der Waals surface area contributed by atoms with Crippen molar-refractivity contribution in [1.82, 2.24) is 4.98 Å². The summed E-state index contributed by atoms with van der Waals surface area (Å²) in [4.78, 5) is 4.52. The summed E-state index contributed by atoms with van der Waals surface area (Å²) in [5.41, 5.74) is 6.69. The predicted molar refractivity (Wildman–Crippen MR) is 70.9 cm³/mol. The average Bonchev–Trinajstić information content (AvgIpc) is 2.78. The standard InChI is InChI=1S/C13H16N2OS/c1-13(16,9-14)7-12-15-11(8-17-12)10-5-3-2-4-6-10/h2-6,8,16H,7,9,14H2,1H3. The van der Waals surface area contributed by atoms with Gasteiger partial charge in [0.1, 0.15) is 0 Å². The van der Waals surface area contributed by atoms with Crippen LogP contribution in [-0.4, -0.2) is 22.2 Å². The van der Waals surface area contributed by atoms with Gasteiger partial charge in [0.25, 0.3) is 0 Å². The summed E-state index contributed by atoms with van der Waals surface area (Å²) in [5.74, 6) is 0. The lowest BCUT2D eigenvalue weighted by atomic mass is 10.0. The Morgan fingerprint density at radius 1 is 1.35 bits per heavy atom. The monoisotopic (exact) mass is 248 g/mol. The number of rotatable bonds is 4. The first-order chi connectivity index (χ1) is 8.11. The molecular weight excluding hydrogens is 232 g/mol. The Morgan fingerprint density at radius 3 is 2.71 bits per heavy atom. The lowest BCUT2D eigenvalue weighted by Crippen LogP contribution is -2.36. The van der Waals surface area contributed by atoms with E-state index in [9.17, 15) is 5.11 Å². The van der Waals surface area contributed by atoms with Crippen LogP contribution >= 0.6 is 11.3 Å². The quantitative estimate of drug-likeness (QED) is 0.870.